The fourth-order valence-electron chi connectivity index (χ4n) is 3.15. The smallest absolute Gasteiger partial charge is 0.340 e. The van der Waals surface area contributed by atoms with Gasteiger partial charge in [0, 0.05) is 11.1 Å². The molecule has 138 valence electrons. The van der Waals surface area contributed by atoms with Crippen molar-refractivity contribution in [2.45, 2.75) is 13.8 Å². The number of amides is 2. The monoisotopic (exact) mass is 363 g/mol. The average molecular weight is 363 g/mol. The zero-order valence-corrected chi connectivity index (χ0v) is 15.2. The van der Waals surface area contributed by atoms with Crippen molar-refractivity contribution in [2.75, 3.05) is 12.0 Å². The van der Waals surface area contributed by atoms with E-state index in [9.17, 15) is 9.59 Å². The number of nitrogens with one attached hydrogen (secondary N) is 1. The van der Waals surface area contributed by atoms with Gasteiger partial charge in [0.1, 0.15) is 0 Å². The molecule has 0 saturated heterocycles. The Morgan fingerprint density at radius 3 is 2.07 bits per heavy atom. The van der Waals surface area contributed by atoms with E-state index >= 15 is 0 Å². The third kappa shape index (κ3) is 3.55. The Balaban J connectivity index is 2.39. The number of primary amides is 1. The quantitative estimate of drug-likeness (QED) is 0.674. The van der Waals surface area contributed by atoms with Crippen molar-refractivity contribution in [3.8, 4) is 22.4 Å². The summed E-state index contributed by atoms with van der Waals surface area (Å²) in [6, 6.07) is 18.3. The van der Waals surface area contributed by atoms with E-state index in [1.54, 1.807) is 18.5 Å². The zero-order chi connectivity index (χ0) is 19.4. The SMILES string of the molecule is CCOC(=O)c1c(-c2ccccc2)c(-c2ccccc2)n(NC(N)=O)c1C. The van der Waals surface area contributed by atoms with Crippen molar-refractivity contribution < 1.29 is 14.3 Å². The first kappa shape index (κ1) is 18.3. The molecule has 2 amide bonds. The molecule has 3 N–H and O–H groups in total. The molecule has 0 unspecified atom stereocenters. The summed E-state index contributed by atoms with van der Waals surface area (Å²) in [6.07, 6.45) is 0. The topological polar surface area (TPSA) is 86.3 Å². The lowest BCUT2D eigenvalue weighted by molar-refractivity contribution is 0.0526. The highest BCUT2D eigenvalue weighted by Crippen LogP contribution is 2.39. The molecule has 27 heavy (non-hydrogen) atoms. The molecule has 0 radical (unpaired) electrons. The van der Waals surface area contributed by atoms with Gasteiger partial charge in [-0.25, -0.2) is 15.0 Å². The van der Waals surface area contributed by atoms with Crippen LogP contribution in [0.15, 0.2) is 60.7 Å². The number of nitrogens with two attached hydrogens (primary N) is 1. The molecule has 0 spiro atoms. The Labute approximate surface area is 157 Å². The summed E-state index contributed by atoms with van der Waals surface area (Å²) in [5, 5.41) is 0. The highest BCUT2D eigenvalue weighted by molar-refractivity contribution is 6.04. The minimum atomic E-state index is -0.722. The second kappa shape index (κ2) is 7.78. The highest BCUT2D eigenvalue weighted by Gasteiger charge is 2.28. The Hall–Kier alpha value is -3.54. The summed E-state index contributed by atoms with van der Waals surface area (Å²) < 4.78 is 6.83. The molecule has 0 saturated carbocycles. The fourth-order valence-corrected chi connectivity index (χ4v) is 3.15. The summed E-state index contributed by atoms with van der Waals surface area (Å²) >= 11 is 0. The predicted molar refractivity (Wildman–Crippen MR) is 105 cm³/mol. The number of benzene rings is 2. The van der Waals surface area contributed by atoms with E-state index in [4.69, 9.17) is 10.5 Å². The maximum absolute atomic E-state index is 12.8. The number of nitrogens with zero attached hydrogens (tertiary/aromatic N) is 1. The lowest BCUT2D eigenvalue weighted by atomic mass is 9.97. The lowest BCUT2D eigenvalue weighted by Gasteiger charge is -2.13. The van der Waals surface area contributed by atoms with Crippen molar-refractivity contribution in [3.63, 3.8) is 0 Å². The van der Waals surface area contributed by atoms with Gasteiger partial charge in [-0.15, -0.1) is 0 Å². The molecular formula is C21H21N3O3. The van der Waals surface area contributed by atoms with Crippen LogP contribution in [0.3, 0.4) is 0 Å². The third-order valence-corrected chi connectivity index (χ3v) is 4.22. The Morgan fingerprint density at radius 1 is 1.00 bits per heavy atom. The summed E-state index contributed by atoms with van der Waals surface area (Å²) in [6.45, 7) is 3.76. The molecular weight excluding hydrogens is 342 g/mol. The largest absolute Gasteiger partial charge is 0.462 e. The number of esters is 1. The van der Waals surface area contributed by atoms with Crippen LogP contribution in [-0.2, 0) is 4.74 Å². The van der Waals surface area contributed by atoms with E-state index in [2.05, 4.69) is 5.43 Å². The van der Waals surface area contributed by atoms with Gasteiger partial charge in [0.25, 0.3) is 0 Å². The summed E-state index contributed by atoms with van der Waals surface area (Å²) in [4.78, 5) is 24.4. The number of rotatable bonds is 5. The van der Waals surface area contributed by atoms with Crippen molar-refractivity contribution in [2.24, 2.45) is 5.73 Å². The number of urea groups is 1. The van der Waals surface area contributed by atoms with Gasteiger partial charge >= 0.3 is 12.0 Å². The number of ether oxygens (including phenoxy) is 1. The average Bonchev–Trinajstić information content (AvgIpc) is 2.95. The molecule has 0 bridgehead atoms. The van der Waals surface area contributed by atoms with Crippen molar-refractivity contribution in [3.05, 3.63) is 71.9 Å². The minimum Gasteiger partial charge on any atom is -0.462 e. The van der Waals surface area contributed by atoms with E-state index in [1.165, 1.54) is 0 Å². The van der Waals surface area contributed by atoms with Crippen molar-refractivity contribution in [1.29, 1.82) is 0 Å². The van der Waals surface area contributed by atoms with E-state index in [-0.39, 0.29) is 6.61 Å². The molecule has 6 nitrogen and oxygen atoms in total. The molecule has 2 aromatic carbocycles. The maximum atomic E-state index is 12.8. The Kier molecular flexibility index (Phi) is 5.26. The molecule has 0 aliphatic carbocycles. The van der Waals surface area contributed by atoms with Crippen LogP contribution in [0.25, 0.3) is 22.4 Å². The molecule has 0 aliphatic rings. The van der Waals surface area contributed by atoms with Gasteiger partial charge < -0.3 is 10.5 Å². The van der Waals surface area contributed by atoms with Crippen LogP contribution in [-0.4, -0.2) is 23.3 Å². The first-order valence-corrected chi connectivity index (χ1v) is 8.64. The van der Waals surface area contributed by atoms with Gasteiger partial charge in [-0.1, -0.05) is 60.7 Å². The second-order valence-electron chi connectivity index (χ2n) is 5.95. The maximum Gasteiger partial charge on any atom is 0.340 e. The van der Waals surface area contributed by atoms with Crippen LogP contribution in [0.5, 0.6) is 0 Å². The van der Waals surface area contributed by atoms with Crippen molar-refractivity contribution >= 4 is 12.0 Å². The molecule has 6 heteroatoms. The predicted octanol–water partition coefficient (Wildman–Crippen LogP) is 3.93. The summed E-state index contributed by atoms with van der Waals surface area (Å²) in [5.74, 6) is -0.448. The van der Waals surface area contributed by atoms with Crippen LogP contribution in [0, 0.1) is 6.92 Å². The van der Waals surface area contributed by atoms with E-state index < -0.39 is 12.0 Å². The number of hydrogen-bond acceptors (Lipinski definition) is 3. The van der Waals surface area contributed by atoms with Crippen molar-refractivity contribution in [1.82, 2.24) is 4.68 Å². The second-order valence-corrected chi connectivity index (χ2v) is 5.95. The Bertz CT molecular complexity index is 963. The summed E-state index contributed by atoms with van der Waals surface area (Å²) in [5.41, 5.74) is 12.0. The van der Waals surface area contributed by atoms with Crippen LogP contribution in [0.4, 0.5) is 4.79 Å². The number of aromatic nitrogens is 1. The van der Waals surface area contributed by atoms with Gasteiger partial charge in [0.05, 0.1) is 23.6 Å². The van der Waals surface area contributed by atoms with E-state index in [1.807, 2.05) is 60.7 Å². The lowest BCUT2D eigenvalue weighted by Crippen LogP contribution is -2.29. The standard InChI is InChI=1S/C21H21N3O3/c1-3-27-20(25)17-14(2)24(23-21(22)26)19(16-12-8-5-9-13-16)18(17)15-10-6-4-7-11-15/h4-13H,3H2,1-2H3,(H3,22,23,26). The van der Waals surface area contributed by atoms with Gasteiger partial charge in [-0.2, -0.15) is 0 Å². The fraction of sp³-hybridized carbons (Fsp3) is 0.143. The normalized spacial score (nSPS) is 10.4. The molecule has 3 aromatic rings. The first-order chi connectivity index (χ1) is 13.0. The third-order valence-electron chi connectivity index (χ3n) is 4.22. The van der Waals surface area contributed by atoms with E-state index in [0.29, 0.717) is 22.5 Å². The Morgan fingerprint density at radius 2 is 1.56 bits per heavy atom. The minimum absolute atomic E-state index is 0.252. The van der Waals surface area contributed by atoms with Gasteiger partial charge in [0.2, 0.25) is 0 Å². The molecule has 0 atom stereocenters. The number of hydrogen-bond donors (Lipinski definition) is 2. The van der Waals surface area contributed by atoms with Crippen LogP contribution in [0.1, 0.15) is 23.0 Å². The number of carbonyl (C=O) groups is 2. The molecule has 0 fully saturated rings. The van der Waals surface area contributed by atoms with Gasteiger partial charge in [0.15, 0.2) is 0 Å². The number of carbonyl (C=O) groups excluding carboxylic acids is 2. The molecule has 1 aromatic heterocycles. The van der Waals surface area contributed by atoms with Gasteiger partial charge in [-0.05, 0) is 19.4 Å². The molecule has 3 rings (SSSR count). The molecule has 0 aliphatic heterocycles. The molecule has 1 heterocycles. The van der Waals surface area contributed by atoms with E-state index in [0.717, 1.165) is 11.1 Å². The zero-order valence-electron chi connectivity index (χ0n) is 15.2. The first-order valence-electron chi connectivity index (χ1n) is 8.64. The summed E-state index contributed by atoms with van der Waals surface area (Å²) in [7, 11) is 0. The highest BCUT2D eigenvalue weighted by atomic mass is 16.5. The van der Waals surface area contributed by atoms with Crippen LogP contribution in [0.2, 0.25) is 0 Å². The van der Waals surface area contributed by atoms with Gasteiger partial charge in [-0.3, -0.25) is 4.68 Å². The van der Waals surface area contributed by atoms with Crippen LogP contribution >= 0.6 is 0 Å². The van der Waals surface area contributed by atoms with Crippen LogP contribution < -0.4 is 11.2 Å².